The first-order valence-corrected chi connectivity index (χ1v) is 10.4. The van der Waals surface area contributed by atoms with Gasteiger partial charge in [0.1, 0.15) is 0 Å². The van der Waals surface area contributed by atoms with Crippen LogP contribution in [0.3, 0.4) is 0 Å². The third-order valence-electron chi connectivity index (χ3n) is 4.17. The standard InChI is InChI=1S/C18H21NO4S2/c1-13-4-7-15(8-5-13)25(20,21)19-10-11-24-18(19)14-6-9-16(22-2)17(12-14)23-3/h4-9,12,18H,10-11H2,1-3H3. The first kappa shape index (κ1) is 18.1. The summed E-state index contributed by atoms with van der Waals surface area (Å²) in [4.78, 5) is 0.325. The molecule has 1 fully saturated rings. The van der Waals surface area contributed by atoms with Gasteiger partial charge in [0.05, 0.1) is 24.5 Å². The molecule has 3 rings (SSSR count). The van der Waals surface area contributed by atoms with Crippen LogP contribution in [0, 0.1) is 6.92 Å². The van der Waals surface area contributed by atoms with Gasteiger partial charge in [0.2, 0.25) is 10.0 Å². The summed E-state index contributed by atoms with van der Waals surface area (Å²) < 4.78 is 38.3. The summed E-state index contributed by atoms with van der Waals surface area (Å²) in [5.74, 6) is 1.98. The van der Waals surface area contributed by atoms with Gasteiger partial charge in [-0.1, -0.05) is 23.8 Å². The Morgan fingerprint density at radius 1 is 1.04 bits per heavy atom. The second kappa shape index (κ2) is 7.27. The van der Waals surface area contributed by atoms with Gasteiger partial charge in [0, 0.05) is 12.3 Å². The Balaban J connectivity index is 1.96. The number of ether oxygens (including phenoxy) is 2. The number of rotatable bonds is 5. The maximum atomic E-state index is 13.1. The summed E-state index contributed by atoms with van der Waals surface area (Å²) in [5, 5.41) is -0.272. The Labute approximate surface area is 153 Å². The fraction of sp³-hybridized carbons (Fsp3) is 0.333. The van der Waals surface area contributed by atoms with E-state index in [0.717, 1.165) is 16.9 Å². The maximum absolute atomic E-state index is 13.1. The highest BCUT2D eigenvalue weighted by atomic mass is 32.2. The van der Waals surface area contributed by atoms with Crippen LogP contribution in [0.25, 0.3) is 0 Å². The molecule has 1 aliphatic heterocycles. The summed E-state index contributed by atoms with van der Waals surface area (Å²) in [6.45, 7) is 2.43. The van der Waals surface area contributed by atoms with Gasteiger partial charge in [-0.05, 0) is 36.8 Å². The van der Waals surface area contributed by atoms with Crippen molar-refractivity contribution in [1.29, 1.82) is 0 Å². The lowest BCUT2D eigenvalue weighted by atomic mass is 10.2. The van der Waals surface area contributed by atoms with Gasteiger partial charge in [0.15, 0.2) is 11.5 Å². The minimum Gasteiger partial charge on any atom is -0.493 e. The molecule has 2 aromatic carbocycles. The minimum absolute atomic E-state index is 0.272. The monoisotopic (exact) mass is 379 g/mol. The highest BCUT2D eigenvalue weighted by Crippen LogP contribution is 2.43. The van der Waals surface area contributed by atoms with E-state index in [2.05, 4.69) is 0 Å². The molecule has 5 nitrogen and oxygen atoms in total. The van der Waals surface area contributed by atoms with E-state index in [1.807, 2.05) is 37.3 Å². The molecule has 2 aromatic rings. The Bertz CT molecular complexity index is 850. The number of hydrogen-bond donors (Lipinski definition) is 0. The topological polar surface area (TPSA) is 55.8 Å². The second-order valence-corrected chi connectivity index (χ2v) is 8.85. The first-order valence-electron chi connectivity index (χ1n) is 7.89. The Kier molecular flexibility index (Phi) is 5.27. The van der Waals surface area contributed by atoms with Crippen molar-refractivity contribution in [3.8, 4) is 11.5 Å². The third-order valence-corrected chi connectivity index (χ3v) is 7.44. The molecule has 0 aromatic heterocycles. The van der Waals surface area contributed by atoms with Gasteiger partial charge >= 0.3 is 0 Å². The van der Waals surface area contributed by atoms with Crippen LogP contribution in [-0.4, -0.2) is 39.2 Å². The van der Waals surface area contributed by atoms with Crippen LogP contribution >= 0.6 is 11.8 Å². The van der Waals surface area contributed by atoms with Crippen molar-refractivity contribution in [1.82, 2.24) is 4.31 Å². The summed E-state index contributed by atoms with van der Waals surface area (Å²) in [6, 6.07) is 12.5. The molecule has 0 aliphatic carbocycles. The van der Waals surface area contributed by atoms with Crippen LogP contribution in [0.2, 0.25) is 0 Å². The van der Waals surface area contributed by atoms with Gasteiger partial charge < -0.3 is 9.47 Å². The van der Waals surface area contributed by atoms with E-state index < -0.39 is 10.0 Å². The normalized spacial score (nSPS) is 18.3. The van der Waals surface area contributed by atoms with Crippen molar-refractivity contribution in [2.24, 2.45) is 0 Å². The molecule has 134 valence electrons. The van der Waals surface area contributed by atoms with Crippen LogP contribution in [0.5, 0.6) is 11.5 Å². The van der Waals surface area contributed by atoms with Crippen molar-refractivity contribution >= 4 is 21.8 Å². The van der Waals surface area contributed by atoms with Crippen LogP contribution < -0.4 is 9.47 Å². The van der Waals surface area contributed by atoms with Crippen molar-refractivity contribution in [3.05, 3.63) is 53.6 Å². The Morgan fingerprint density at radius 2 is 1.72 bits per heavy atom. The van der Waals surface area contributed by atoms with Gasteiger partial charge in [-0.25, -0.2) is 8.42 Å². The number of sulfonamides is 1. The molecule has 1 atom stereocenters. The lowest BCUT2D eigenvalue weighted by molar-refractivity contribution is 0.353. The molecule has 1 heterocycles. The molecule has 25 heavy (non-hydrogen) atoms. The Morgan fingerprint density at radius 3 is 2.36 bits per heavy atom. The van der Waals surface area contributed by atoms with Gasteiger partial charge in [-0.15, -0.1) is 11.8 Å². The molecule has 0 N–H and O–H groups in total. The quantitative estimate of drug-likeness (QED) is 0.796. The fourth-order valence-corrected chi connectivity index (χ4v) is 6.05. The van der Waals surface area contributed by atoms with E-state index in [9.17, 15) is 8.42 Å². The first-order chi connectivity index (χ1) is 12.0. The maximum Gasteiger partial charge on any atom is 0.244 e. The van der Waals surface area contributed by atoms with E-state index in [1.165, 1.54) is 0 Å². The second-order valence-electron chi connectivity index (χ2n) is 5.77. The number of methoxy groups -OCH3 is 2. The average Bonchev–Trinajstić information content (AvgIpc) is 3.12. The van der Waals surface area contributed by atoms with E-state index in [1.54, 1.807) is 42.4 Å². The van der Waals surface area contributed by atoms with Crippen LogP contribution in [-0.2, 0) is 10.0 Å². The number of nitrogens with zero attached hydrogens (tertiary/aromatic N) is 1. The van der Waals surface area contributed by atoms with E-state index in [0.29, 0.717) is 22.9 Å². The molecule has 0 amide bonds. The van der Waals surface area contributed by atoms with Gasteiger partial charge in [0.25, 0.3) is 0 Å². The number of aryl methyl sites for hydroxylation is 1. The van der Waals surface area contributed by atoms with Crippen molar-refractivity contribution in [2.75, 3.05) is 26.5 Å². The molecule has 0 spiro atoms. The van der Waals surface area contributed by atoms with Gasteiger partial charge in [-0.3, -0.25) is 0 Å². The molecule has 0 bridgehead atoms. The summed E-state index contributed by atoms with van der Waals surface area (Å²) in [6.07, 6.45) is 0. The molecular formula is C18H21NO4S2. The predicted octanol–water partition coefficient (Wildman–Crippen LogP) is 3.45. The third kappa shape index (κ3) is 3.49. The van der Waals surface area contributed by atoms with Crippen LogP contribution in [0.1, 0.15) is 16.5 Å². The van der Waals surface area contributed by atoms with Gasteiger partial charge in [-0.2, -0.15) is 4.31 Å². The van der Waals surface area contributed by atoms with Crippen LogP contribution in [0.4, 0.5) is 0 Å². The van der Waals surface area contributed by atoms with E-state index in [4.69, 9.17) is 9.47 Å². The fourth-order valence-electron chi connectivity index (χ4n) is 2.82. The number of thioether (sulfide) groups is 1. The molecule has 1 unspecified atom stereocenters. The number of benzene rings is 2. The molecule has 1 aliphatic rings. The molecule has 7 heteroatoms. The molecule has 0 saturated carbocycles. The zero-order valence-corrected chi connectivity index (χ0v) is 16.1. The SMILES string of the molecule is COc1ccc(C2SCCN2S(=O)(=O)c2ccc(C)cc2)cc1OC. The van der Waals surface area contributed by atoms with Crippen LogP contribution in [0.15, 0.2) is 47.4 Å². The molecular weight excluding hydrogens is 358 g/mol. The molecule has 1 saturated heterocycles. The van der Waals surface area contributed by atoms with Crippen molar-refractivity contribution < 1.29 is 17.9 Å². The predicted molar refractivity (Wildman–Crippen MR) is 99.8 cm³/mol. The lowest BCUT2D eigenvalue weighted by Crippen LogP contribution is -2.30. The zero-order valence-electron chi connectivity index (χ0n) is 14.4. The summed E-state index contributed by atoms with van der Waals surface area (Å²) >= 11 is 1.61. The smallest absolute Gasteiger partial charge is 0.244 e. The average molecular weight is 380 g/mol. The Hall–Kier alpha value is -1.70. The summed E-state index contributed by atoms with van der Waals surface area (Å²) in [5.41, 5.74) is 1.92. The van der Waals surface area contributed by atoms with Crippen molar-refractivity contribution in [3.63, 3.8) is 0 Å². The highest BCUT2D eigenvalue weighted by Gasteiger charge is 2.37. The highest BCUT2D eigenvalue weighted by molar-refractivity contribution is 8.01. The largest absolute Gasteiger partial charge is 0.493 e. The van der Waals surface area contributed by atoms with E-state index in [-0.39, 0.29) is 5.37 Å². The minimum atomic E-state index is -3.55. The van der Waals surface area contributed by atoms with Crippen molar-refractivity contribution in [2.45, 2.75) is 17.2 Å². The van der Waals surface area contributed by atoms with E-state index >= 15 is 0 Å². The lowest BCUT2D eigenvalue weighted by Gasteiger charge is -2.24. The molecule has 0 radical (unpaired) electrons. The summed E-state index contributed by atoms with van der Waals surface area (Å²) in [7, 11) is -0.395. The zero-order chi connectivity index (χ0) is 18.0. The number of hydrogen-bond acceptors (Lipinski definition) is 5.